The Balaban J connectivity index is 1.39. The van der Waals surface area contributed by atoms with E-state index in [9.17, 15) is 4.79 Å². The maximum atomic E-state index is 13.0. The van der Waals surface area contributed by atoms with Crippen LogP contribution in [0.15, 0.2) is 22.6 Å². The van der Waals surface area contributed by atoms with Crippen LogP contribution in [-0.4, -0.2) is 47.2 Å². The van der Waals surface area contributed by atoms with Crippen molar-refractivity contribution in [3.63, 3.8) is 0 Å². The van der Waals surface area contributed by atoms with E-state index in [0.717, 1.165) is 13.1 Å². The van der Waals surface area contributed by atoms with Crippen LogP contribution in [0.5, 0.6) is 0 Å². The first kappa shape index (κ1) is 19.0. The van der Waals surface area contributed by atoms with Gasteiger partial charge in [-0.3, -0.25) is 4.79 Å². The third-order valence-corrected chi connectivity index (χ3v) is 6.17. The van der Waals surface area contributed by atoms with Crippen molar-refractivity contribution in [1.82, 2.24) is 15.1 Å². The number of hydrogen-bond acceptors (Lipinski definition) is 5. The van der Waals surface area contributed by atoms with Crippen molar-refractivity contribution >= 4 is 11.9 Å². The van der Waals surface area contributed by atoms with E-state index in [4.69, 9.17) is 4.42 Å². The van der Waals surface area contributed by atoms with E-state index in [-0.39, 0.29) is 11.8 Å². The summed E-state index contributed by atoms with van der Waals surface area (Å²) < 4.78 is 5.51. The maximum absolute atomic E-state index is 13.0. The number of piperazine rings is 1. The van der Waals surface area contributed by atoms with Gasteiger partial charge in [0.2, 0.25) is 11.8 Å². The van der Waals surface area contributed by atoms with Gasteiger partial charge in [0.25, 0.3) is 0 Å². The van der Waals surface area contributed by atoms with Crippen LogP contribution in [0.1, 0.15) is 55.2 Å². The highest BCUT2D eigenvalue weighted by Crippen LogP contribution is 2.32. The quantitative estimate of drug-likeness (QED) is 0.794. The molecule has 0 N–H and O–H groups in total. The second-order valence-corrected chi connectivity index (χ2v) is 8.41. The number of rotatable bonds is 5. The molecular formula is C22H30N4O2. The molecule has 6 nitrogen and oxygen atoms in total. The summed E-state index contributed by atoms with van der Waals surface area (Å²) in [6, 6.07) is 7.44. The number of aryl methyl sites for hydroxylation is 3. The molecule has 2 heterocycles. The Hall–Kier alpha value is -2.37. The third-order valence-electron chi connectivity index (χ3n) is 6.17. The molecule has 1 aromatic heterocycles. The predicted molar refractivity (Wildman–Crippen MR) is 108 cm³/mol. The maximum Gasteiger partial charge on any atom is 0.318 e. The average molecular weight is 383 g/mol. The fraction of sp³-hybridized carbons (Fsp3) is 0.591. The van der Waals surface area contributed by atoms with E-state index >= 15 is 0 Å². The van der Waals surface area contributed by atoms with Gasteiger partial charge in [-0.25, -0.2) is 0 Å². The lowest BCUT2D eigenvalue weighted by molar-refractivity contribution is -0.132. The highest BCUT2D eigenvalue weighted by molar-refractivity contribution is 5.77. The Kier molecular flexibility index (Phi) is 5.38. The van der Waals surface area contributed by atoms with Gasteiger partial charge in [0.1, 0.15) is 0 Å². The summed E-state index contributed by atoms with van der Waals surface area (Å²) in [7, 11) is 0. The smallest absolute Gasteiger partial charge is 0.318 e. The van der Waals surface area contributed by atoms with Crippen LogP contribution < -0.4 is 4.90 Å². The van der Waals surface area contributed by atoms with E-state index in [1.807, 2.05) is 4.90 Å². The lowest BCUT2D eigenvalue weighted by atomic mass is 9.84. The van der Waals surface area contributed by atoms with Gasteiger partial charge in [-0.05, 0) is 47.8 Å². The Morgan fingerprint density at radius 3 is 2.54 bits per heavy atom. The monoisotopic (exact) mass is 382 g/mol. The van der Waals surface area contributed by atoms with Crippen molar-refractivity contribution in [2.75, 3.05) is 31.1 Å². The number of benzene rings is 1. The van der Waals surface area contributed by atoms with E-state index in [2.05, 4.69) is 47.1 Å². The number of aromatic nitrogens is 2. The SMILES string of the molecule is Cc1nnc(N2CCN(C(=O)CC(c3ccc4c(c3)CCC4)C(C)C)CC2)o1. The number of nitrogens with zero attached hydrogens (tertiary/aromatic N) is 4. The van der Waals surface area contributed by atoms with Crippen molar-refractivity contribution in [3.8, 4) is 0 Å². The minimum Gasteiger partial charge on any atom is -0.408 e. The van der Waals surface area contributed by atoms with Gasteiger partial charge in [0.05, 0.1) is 0 Å². The number of fused-ring (bicyclic) bond motifs is 1. The summed E-state index contributed by atoms with van der Waals surface area (Å²) in [5.74, 6) is 1.53. The van der Waals surface area contributed by atoms with Gasteiger partial charge in [-0.15, -0.1) is 5.10 Å². The number of carbonyl (C=O) groups excluding carboxylic acids is 1. The van der Waals surface area contributed by atoms with E-state index in [1.165, 1.54) is 36.0 Å². The van der Waals surface area contributed by atoms with Crippen molar-refractivity contribution in [2.24, 2.45) is 5.92 Å². The average Bonchev–Trinajstić information content (AvgIpc) is 3.34. The zero-order valence-electron chi connectivity index (χ0n) is 17.1. The standard InChI is InChI=1S/C22H30N4O2/c1-15(2)20(19-8-7-17-5-4-6-18(17)13-19)14-21(27)25-9-11-26(12-10-25)22-24-23-16(3)28-22/h7-8,13,15,20H,4-6,9-12,14H2,1-3H3. The highest BCUT2D eigenvalue weighted by Gasteiger charge is 2.28. The molecule has 150 valence electrons. The van der Waals surface area contributed by atoms with Gasteiger partial charge in [-0.2, -0.15) is 0 Å². The summed E-state index contributed by atoms with van der Waals surface area (Å²) in [4.78, 5) is 17.1. The van der Waals surface area contributed by atoms with Gasteiger partial charge in [0, 0.05) is 39.5 Å². The van der Waals surface area contributed by atoms with Crippen molar-refractivity contribution in [3.05, 3.63) is 40.8 Å². The van der Waals surface area contributed by atoms with Crippen LogP contribution in [-0.2, 0) is 17.6 Å². The van der Waals surface area contributed by atoms with Gasteiger partial charge >= 0.3 is 6.01 Å². The Labute approximate surface area is 166 Å². The number of carbonyl (C=O) groups is 1. The molecule has 28 heavy (non-hydrogen) atoms. The molecule has 6 heteroatoms. The first-order chi connectivity index (χ1) is 13.5. The lowest BCUT2D eigenvalue weighted by Crippen LogP contribution is -2.49. The summed E-state index contributed by atoms with van der Waals surface area (Å²) in [6.07, 6.45) is 4.22. The summed E-state index contributed by atoms with van der Waals surface area (Å²) >= 11 is 0. The fourth-order valence-corrected chi connectivity index (χ4v) is 4.44. The molecule has 1 atom stereocenters. The Morgan fingerprint density at radius 1 is 1.11 bits per heavy atom. The molecule has 1 aliphatic heterocycles. The van der Waals surface area contributed by atoms with Crippen LogP contribution in [0.3, 0.4) is 0 Å². The minimum atomic E-state index is 0.251. The van der Waals surface area contributed by atoms with E-state index in [1.54, 1.807) is 6.92 Å². The molecule has 1 aromatic carbocycles. The van der Waals surface area contributed by atoms with E-state index < -0.39 is 0 Å². The molecule has 2 aromatic rings. The van der Waals surface area contributed by atoms with Crippen molar-refractivity contribution in [1.29, 1.82) is 0 Å². The molecule has 2 aliphatic rings. The van der Waals surface area contributed by atoms with Crippen LogP contribution >= 0.6 is 0 Å². The second kappa shape index (κ2) is 7.94. The second-order valence-electron chi connectivity index (χ2n) is 8.41. The van der Waals surface area contributed by atoms with Crippen LogP contribution in [0, 0.1) is 12.8 Å². The van der Waals surface area contributed by atoms with Gasteiger partial charge in [-0.1, -0.05) is 37.1 Å². The summed E-state index contributed by atoms with van der Waals surface area (Å²) in [6.45, 7) is 9.12. The van der Waals surface area contributed by atoms with E-state index in [0.29, 0.717) is 37.3 Å². The first-order valence-corrected chi connectivity index (χ1v) is 10.5. The highest BCUT2D eigenvalue weighted by atomic mass is 16.4. The predicted octanol–water partition coefficient (Wildman–Crippen LogP) is 3.35. The van der Waals surface area contributed by atoms with Gasteiger partial charge < -0.3 is 14.2 Å². The molecule has 1 saturated heterocycles. The topological polar surface area (TPSA) is 62.5 Å². The summed E-state index contributed by atoms with van der Waals surface area (Å²) in [5.41, 5.74) is 4.30. The number of amides is 1. The van der Waals surface area contributed by atoms with Crippen LogP contribution in [0.25, 0.3) is 0 Å². The van der Waals surface area contributed by atoms with Crippen LogP contribution in [0.2, 0.25) is 0 Å². The molecule has 0 saturated carbocycles. The molecule has 4 rings (SSSR count). The molecule has 1 amide bonds. The molecule has 1 unspecified atom stereocenters. The molecule has 0 radical (unpaired) electrons. The number of anilines is 1. The Morgan fingerprint density at radius 2 is 1.86 bits per heavy atom. The lowest BCUT2D eigenvalue weighted by Gasteiger charge is -2.35. The Bertz CT molecular complexity index is 837. The molecule has 1 fully saturated rings. The normalized spacial score (nSPS) is 17.9. The zero-order chi connectivity index (χ0) is 19.7. The molecule has 0 bridgehead atoms. The third kappa shape index (κ3) is 3.91. The first-order valence-electron chi connectivity index (χ1n) is 10.5. The summed E-state index contributed by atoms with van der Waals surface area (Å²) in [5, 5.41) is 7.98. The van der Waals surface area contributed by atoms with Crippen molar-refractivity contribution in [2.45, 2.75) is 52.4 Å². The fourth-order valence-electron chi connectivity index (χ4n) is 4.44. The van der Waals surface area contributed by atoms with Crippen molar-refractivity contribution < 1.29 is 9.21 Å². The molecule has 1 aliphatic carbocycles. The number of hydrogen-bond donors (Lipinski definition) is 0. The van der Waals surface area contributed by atoms with Crippen LogP contribution in [0.4, 0.5) is 6.01 Å². The van der Waals surface area contributed by atoms with Gasteiger partial charge in [0.15, 0.2) is 0 Å². The largest absolute Gasteiger partial charge is 0.408 e. The minimum absolute atomic E-state index is 0.251. The zero-order valence-corrected chi connectivity index (χ0v) is 17.1. The molecular weight excluding hydrogens is 352 g/mol. The molecule has 0 spiro atoms.